The number of unbranched alkanes of at least 4 members (excludes halogenated alkanes) is 5. The zero-order valence-electron chi connectivity index (χ0n) is 14.8. The first-order valence-electron chi connectivity index (χ1n) is 9.37. The minimum absolute atomic E-state index is 0.110. The Morgan fingerprint density at radius 3 is 2.42 bits per heavy atom. The van der Waals surface area contributed by atoms with Crippen LogP contribution in [0.1, 0.15) is 75.7 Å². The molecule has 24 heavy (non-hydrogen) atoms. The molecule has 0 spiro atoms. The van der Waals surface area contributed by atoms with Gasteiger partial charge in [0.1, 0.15) is 5.78 Å². The van der Waals surface area contributed by atoms with E-state index in [9.17, 15) is 9.59 Å². The molecule has 1 aromatic carbocycles. The zero-order chi connectivity index (χ0) is 17.2. The molecule has 3 nitrogen and oxygen atoms in total. The fraction of sp³-hybridized carbons (Fsp3) is 0.619. The van der Waals surface area contributed by atoms with Crippen LogP contribution < -0.4 is 0 Å². The van der Waals surface area contributed by atoms with Gasteiger partial charge in [-0.25, -0.2) is 0 Å². The van der Waals surface area contributed by atoms with E-state index >= 15 is 0 Å². The second-order valence-corrected chi connectivity index (χ2v) is 6.86. The number of Topliss-reactive ketones (excluding diaryl/α,β-unsaturated/α-hetero) is 1. The van der Waals surface area contributed by atoms with Gasteiger partial charge in [-0.15, -0.1) is 0 Å². The van der Waals surface area contributed by atoms with Crippen LogP contribution in [-0.4, -0.2) is 18.9 Å². The number of carbonyl (C=O) groups excluding carboxylic acids is 2. The van der Waals surface area contributed by atoms with Crippen molar-refractivity contribution in [1.29, 1.82) is 0 Å². The van der Waals surface area contributed by atoms with Gasteiger partial charge in [0.25, 0.3) is 0 Å². The monoisotopic (exact) mass is 330 g/mol. The molecule has 2 atom stereocenters. The SMILES string of the molecule is COC(=O)CCCCCCCC[C@H]1C(=O)CC[C@@H]1c1ccccc1. The van der Waals surface area contributed by atoms with Gasteiger partial charge in [-0.05, 0) is 30.7 Å². The smallest absolute Gasteiger partial charge is 0.305 e. The number of rotatable bonds is 10. The predicted molar refractivity (Wildman–Crippen MR) is 95.9 cm³/mol. The standard InChI is InChI=1S/C21H30O3/c1-24-21(23)14-10-5-3-2-4-9-13-19-18(15-16-20(19)22)17-11-7-6-8-12-17/h6-8,11-12,18-19H,2-5,9-10,13-16H2,1H3/t18-,19-/m1/s1. The Labute approximate surface area is 145 Å². The molecule has 3 heteroatoms. The molecule has 0 heterocycles. The molecular formula is C21H30O3. The van der Waals surface area contributed by atoms with Crippen LogP contribution in [0.25, 0.3) is 0 Å². The Kier molecular flexibility index (Phi) is 8.00. The summed E-state index contributed by atoms with van der Waals surface area (Å²) in [6.45, 7) is 0. The van der Waals surface area contributed by atoms with Gasteiger partial charge in [0, 0.05) is 18.8 Å². The molecule has 132 valence electrons. The molecule has 1 saturated carbocycles. The summed E-state index contributed by atoms with van der Waals surface area (Å²) in [5.74, 6) is 1.01. The van der Waals surface area contributed by atoms with Gasteiger partial charge in [0.05, 0.1) is 7.11 Å². The van der Waals surface area contributed by atoms with E-state index in [4.69, 9.17) is 0 Å². The lowest BCUT2D eigenvalue weighted by Gasteiger charge is -2.18. The van der Waals surface area contributed by atoms with Crippen LogP contribution in [0.5, 0.6) is 0 Å². The van der Waals surface area contributed by atoms with Gasteiger partial charge in [0.2, 0.25) is 0 Å². The quantitative estimate of drug-likeness (QED) is 0.446. The van der Waals surface area contributed by atoms with Gasteiger partial charge < -0.3 is 4.74 Å². The molecule has 0 radical (unpaired) electrons. The lowest BCUT2D eigenvalue weighted by molar-refractivity contribution is -0.140. The van der Waals surface area contributed by atoms with Crippen LogP contribution >= 0.6 is 0 Å². The predicted octanol–water partition coefficient (Wildman–Crippen LogP) is 5.04. The molecule has 1 fully saturated rings. The summed E-state index contributed by atoms with van der Waals surface area (Å²) in [6, 6.07) is 10.5. The van der Waals surface area contributed by atoms with Crippen molar-refractivity contribution in [2.45, 2.75) is 70.1 Å². The summed E-state index contributed by atoms with van der Waals surface area (Å²) in [6.07, 6.45) is 10.0. The molecule has 1 aliphatic carbocycles. The second-order valence-electron chi connectivity index (χ2n) is 6.86. The first-order chi connectivity index (χ1) is 11.7. The third kappa shape index (κ3) is 5.77. The number of carbonyl (C=O) groups is 2. The topological polar surface area (TPSA) is 43.4 Å². The highest BCUT2D eigenvalue weighted by Gasteiger charge is 2.34. The van der Waals surface area contributed by atoms with Crippen LogP contribution in [-0.2, 0) is 14.3 Å². The van der Waals surface area contributed by atoms with Crippen molar-refractivity contribution in [1.82, 2.24) is 0 Å². The van der Waals surface area contributed by atoms with Crippen molar-refractivity contribution in [3.05, 3.63) is 35.9 Å². The van der Waals surface area contributed by atoms with Gasteiger partial charge in [-0.3, -0.25) is 9.59 Å². The summed E-state index contributed by atoms with van der Waals surface area (Å²) in [4.78, 5) is 23.2. The average Bonchev–Trinajstić information content (AvgIpc) is 2.98. The Morgan fingerprint density at radius 2 is 1.71 bits per heavy atom. The highest BCUT2D eigenvalue weighted by molar-refractivity contribution is 5.84. The van der Waals surface area contributed by atoms with Crippen LogP contribution in [0, 0.1) is 5.92 Å². The lowest BCUT2D eigenvalue weighted by atomic mass is 9.85. The number of ketones is 1. The summed E-state index contributed by atoms with van der Waals surface area (Å²) in [5, 5.41) is 0. The molecule has 1 aliphatic rings. The first-order valence-corrected chi connectivity index (χ1v) is 9.37. The highest BCUT2D eigenvalue weighted by Crippen LogP contribution is 2.40. The minimum Gasteiger partial charge on any atom is -0.469 e. The minimum atomic E-state index is -0.110. The number of esters is 1. The summed E-state index contributed by atoms with van der Waals surface area (Å²) in [7, 11) is 1.44. The van der Waals surface area contributed by atoms with E-state index in [0.717, 1.165) is 44.9 Å². The summed E-state index contributed by atoms with van der Waals surface area (Å²) >= 11 is 0. The van der Waals surface area contributed by atoms with Crippen molar-refractivity contribution in [3.8, 4) is 0 Å². The summed E-state index contributed by atoms with van der Waals surface area (Å²) < 4.78 is 4.64. The fourth-order valence-electron chi connectivity index (χ4n) is 3.81. The largest absolute Gasteiger partial charge is 0.469 e. The van der Waals surface area contributed by atoms with E-state index in [1.165, 1.54) is 25.5 Å². The Balaban J connectivity index is 1.62. The maximum atomic E-state index is 12.2. The van der Waals surface area contributed by atoms with Crippen LogP contribution in [0.3, 0.4) is 0 Å². The van der Waals surface area contributed by atoms with Gasteiger partial charge in [-0.2, -0.15) is 0 Å². The maximum Gasteiger partial charge on any atom is 0.305 e. The molecule has 0 unspecified atom stereocenters. The van der Waals surface area contributed by atoms with Crippen molar-refractivity contribution < 1.29 is 14.3 Å². The average molecular weight is 330 g/mol. The zero-order valence-corrected chi connectivity index (χ0v) is 14.8. The lowest BCUT2D eigenvalue weighted by Crippen LogP contribution is -2.13. The third-order valence-corrected chi connectivity index (χ3v) is 5.20. The van der Waals surface area contributed by atoms with E-state index in [1.807, 2.05) is 6.07 Å². The highest BCUT2D eigenvalue weighted by atomic mass is 16.5. The maximum absolute atomic E-state index is 12.2. The molecule has 2 rings (SSSR count). The molecule has 0 aromatic heterocycles. The van der Waals surface area contributed by atoms with Crippen LogP contribution in [0.2, 0.25) is 0 Å². The Bertz CT molecular complexity index is 509. The number of benzene rings is 1. The van der Waals surface area contributed by atoms with E-state index in [-0.39, 0.29) is 11.9 Å². The second kappa shape index (κ2) is 10.3. The fourth-order valence-corrected chi connectivity index (χ4v) is 3.81. The third-order valence-electron chi connectivity index (χ3n) is 5.20. The van der Waals surface area contributed by atoms with E-state index in [2.05, 4.69) is 29.0 Å². The van der Waals surface area contributed by atoms with Crippen LogP contribution in [0.15, 0.2) is 30.3 Å². The molecule has 0 amide bonds. The number of hydrogen-bond donors (Lipinski definition) is 0. The molecule has 0 aliphatic heterocycles. The molecular weight excluding hydrogens is 300 g/mol. The molecule has 0 N–H and O–H groups in total. The van der Waals surface area contributed by atoms with Crippen molar-refractivity contribution in [2.24, 2.45) is 5.92 Å². The van der Waals surface area contributed by atoms with Crippen LogP contribution in [0.4, 0.5) is 0 Å². The van der Waals surface area contributed by atoms with Gasteiger partial charge >= 0.3 is 5.97 Å². The van der Waals surface area contributed by atoms with Crippen molar-refractivity contribution >= 4 is 11.8 Å². The first kappa shape index (κ1) is 18.7. The Hall–Kier alpha value is -1.64. The van der Waals surface area contributed by atoms with Gasteiger partial charge in [-0.1, -0.05) is 62.4 Å². The van der Waals surface area contributed by atoms with Crippen molar-refractivity contribution in [2.75, 3.05) is 7.11 Å². The number of methoxy groups -OCH3 is 1. The van der Waals surface area contributed by atoms with E-state index in [0.29, 0.717) is 18.1 Å². The van der Waals surface area contributed by atoms with Gasteiger partial charge in [0.15, 0.2) is 0 Å². The number of hydrogen-bond acceptors (Lipinski definition) is 3. The van der Waals surface area contributed by atoms with Crippen molar-refractivity contribution in [3.63, 3.8) is 0 Å². The van der Waals surface area contributed by atoms with E-state index in [1.54, 1.807) is 0 Å². The summed E-state index contributed by atoms with van der Waals surface area (Å²) in [5.41, 5.74) is 1.33. The van der Waals surface area contributed by atoms with E-state index < -0.39 is 0 Å². The molecule has 0 bridgehead atoms. The Morgan fingerprint density at radius 1 is 1.04 bits per heavy atom. The molecule has 1 aromatic rings. The normalized spacial score (nSPS) is 20.3. The number of ether oxygens (including phenoxy) is 1. The molecule has 0 saturated heterocycles.